The molecule has 0 aromatic heterocycles. The van der Waals surface area contributed by atoms with E-state index in [0.717, 1.165) is 11.3 Å². The Bertz CT molecular complexity index is 448. The monoisotopic (exact) mass is 247 g/mol. The van der Waals surface area contributed by atoms with Crippen molar-refractivity contribution in [1.29, 1.82) is 0 Å². The Hall–Kier alpha value is -1.35. The van der Waals surface area contributed by atoms with Crippen LogP contribution in [0.25, 0.3) is 0 Å². The highest BCUT2D eigenvalue weighted by Gasteiger charge is 2.29. The van der Waals surface area contributed by atoms with E-state index in [-0.39, 0.29) is 11.3 Å². The highest BCUT2D eigenvalue weighted by atomic mass is 16.3. The molecule has 0 bridgehead atoms. The first-order valence-electron chi connectivity index (χ1n) is 6.47. The van der Waals surface area contributed by atoms with Gasteiger partial charge in [0, 0.05) is 12.1 Å². The number of rotatable bonds is 1. The fraction of sp³-hybridized carbons (Fsp3) is 0.533. The van der Waals surface area contributed by atoms with Crippen molar-refractivity contribution in [1.82, 2.24) is 0 Å². The maximum atomic E-state index is 12.0. The Morgan fingerprint density at radius 3 is 2.61 bits per heavy atom. The maximum absolute atomic E-state index is 12.0. The number of aliphatic hydroxyl groups is 1. The molecule has 1 unspecified atom stereocenters. The highest BCUT2D eigenvalue weighted by Crippen LogP contribution is 2.33. The van der Waals surface area contributed by atoms with E-state index >= 15 is 0 Å². The molecule has 1 heterocycles. The molecular weight excluding hydrogens is 226 g/mol. The maximum Gasteiger partial charge on any atom is 0.227 e. The van der Waals surface area contributed by atoms with Gasteiger partial charge in [-0.15, -0.1) is 0 Å². The zero-order chi connectivity index (χ0) is 13.3. The van der Waals surface area contributed by atoms with Crippen molar-refractivity contribution in [3.63, 3.8) is 0 Å². The number of hydrogen-bond acceptors (Lipinski definition) is 2. The molecule has 1 N–H and O–H groups in total. The van der Waals surface area contributed by atoms with Crippen molar-refractivity contribution < 1.29 is 9.90 Å². The molecule has 1 atom stereocenters. The van der Waals surface area contributed by atoms with Gasteiger partial charge in [-0.1, -0.05) is 39.0 Å². The predicted octanol–water partition coefficient (Wildman–Crippen LogP) is 2.47. The molecule has 2 rings (SSSR count). The summed E-state index contributed by atoms with van der Waals surface area (Å²) in [7, 11) is 0. The van der Waals surface area contributed by atoms with E-state index < -0.39 is 6.10 Å². The standard InChI is InChI=1S/C15H21NO2/c1-15(2,3)12-6-4-5-7-13(12)16-10-11(17)8-9-14(16)18/h4-7,11,17H,8-10H2,1-3H3. The fourth-order valence-corrected chi connectivity index (χ4v) is 2.40. The van der Waals surface area contributed by atoms with Gasteiger partial charge in [-0.05, 0) is 23.5 Å². The third kappa shape index (κ3) is 2.56. The van der Waals surface area contributed by atoms with E-state index in [9.17, 15) is 9.90 Å². The van der Waals surface area contributed by atoms with Crippen LogP contribution in [0.3, 0.4) is 0 Å². The van der Waals surface area contributed by atoms with Crippen LogP contribution in [0.1, 0.15) is 39.2 Å². The number of carbonyl (C=O) groups excluding carboxylic acids is 1. The van der Waals surface area contributed by atoms with Crippen LogP contribution in [0, 0.1) is 0 Å². The average molecular weight is 247 g/mol. The average Bonchev–Trinajstić information content (AvgIpc) is 2.31. The van der Waals surface area contributed by atoms with Crippen LogP contribution in [-0.4, -0.2) is 23.7 Å². The number of para-hydroxylation sites is 1. The zero-order valence-corrected chi connectivity index (χ0v) is 11.3. The molecule has 0 radical (unpaired) electrons. The second kappa shape index (κ2) is 4.73. The summed E-state index contributed by atoms with van der Waals surface area (Å²) in [6, 6.07) is 7.97. The number of β-amino-alcohol motifs (C(OH)–C–C–N with tert-alkyl or cyclic N) is 1. The second-order valence-electron chi connectivity index (χ2n) is 5.96. The van der Waals surface area contributed by atoms with Gasteiger partial charge < -0.3 is 10.0 Å². The van der Waals surface area contributed by atoms with Crippen molar-refractivity contribution in [2.45, 2.75) is 45.1 Å². The number of aliphatic hydroxyl groups excluding tert-OH is 1. The molecule has 18 heavy (non-hydrogen) atoms. The molecule has 1 aromatic carbocycles. The number of nitrogens with zero attached hydrogens (tertiary/aromatic N) is 1. The molecule has 0 aliphatic carbocycles. The summed E-state index contributed by atoms with van der Waals surface area (Å²) in [5.74, 6) is 0.108. The number of anilines is 1. The lowest BCUT2D eigenvalue weighted by atomic mass is 9.85. The summed E-state index contributed by atoms with van der Waals surface area (Å²) < 4.78 is 0. The molecular formula is C15H21NO2. The molecule has 98 valence electrons. The Morgan fingerprint density at radius 2 is 1.94 bits per heavy atom. The summed E-state index contributed by atoms with van der Waals surface area (Å²) in [4.78, 5) is 13.8. The van der Waals surface area contributed by atoms with Crippen LogP contribution in [0.2, 0.25) is 0 Å². The largest absolute Gasteiger partial charge is 0.391 e. The lowest BCUT2D eigenvalue weighted by Crippen LogP contribution is -2.43. The van der Waals surface area contributed by atoms with Gasteiger partial charge in [0.05, 0.1) is 12.6 Å². The Balaban J connectivity index is 2.41. The van der Waals surface area contributed by atoms with Crippen molar-refractivity contribution in [2.75, 3.05) is 11.4 Å². The molecule has 1 fully saturated rings. The zero-order valence-electron chi connectivity index (χ0n) is 11.3. The quantitative estimate of drug-likeness (QED) is 0.828. The molecule has 0 spiro atoms. The van der Waals surface area contributed by atoms with Gasteiger partial charge >= 0.3 is 0 Å². The minimum Gasteiger partial charge on any atom is -0.391 e. The van der Waals surface area contributed by atoms with Crippen LogP contribution >= 0.6 is 0 Å². The Labute approximate surface area is 108 Å². The lowest BCUT2D eigenvalue weighted by molar-refractivity contribution is -0.121. The molecule has 1 aromatic rings. The predicted molar refractivity (Wildman–Crippen MR) is 72.7 cm³/mol. The second-order valence-corrected chi connectivity index (χ2v) is 5.96. The van der Waals surface area contributed by atoms with Crippen LogP contribution in [0.4, 0.5) is 5.69 Å². The molecule has 1 aliphatic heterocycles. The summed E-state index contributed by atoms with van der Waals surface area (Å²) in [6.45, 7) is 6.82. The van der Waals surface area contributed by atoms with Crippen LogP contribution in [0.15, 0.2) is 24.3 Å². The van der Waals surface area contributed by atoms with Crippen LogP contribution in [0.5, 0.6) is 0 Å². The van der Waals surface area contributed by atoms with Crippen molar-refractivity contribution >= 4 is 11.6 Å². The highest BCUT2D eigenvalue weighted by molar-refractivity contribution is 5.95. The summed E-state index contributed by atoms with van der Waals surface area (Å²) >= 11 is 0. The molecule has 0 saturated carbocycles. The third-order valence-corrected chi connectivity index (χ3v) is 3.39. The van der Waals surface area contributed by atoms with Gasteiger partial charge in [0.25, 0.3) is 0 Å². The van der Waals surface area contributed by atoms with E-state index in [1.54, 1.807) is 4.90 Å². The van der Waals surface area contributed by atoms with Crippen LogP contribution < -0.4 is 4.90 Å². The topological polar surface area (TPSA) is 40.5 Å². The number of piperidine rings is 1. The van der Waals surface area contributed by atoms with Gasteiger partial charge in [-0.3, -0.25) is 4.79 Å². The smallest absolute Gasteiger partial charge is 0.227 e. The van der Waals surface area contributed by atoms with E-state index in [1.165, 1.54) is 0 Å². The van der Waals surface area contributed by atoms with E-state index in [1.807, 2.05) is 18.2 Å². The minimum atomic E-state index is -0.407. The first kappa shape index (κ1) is 13.1. The van der Waals surface area contributed by atoms with E-state index in [0.29, 0.717) is 19.4 Å². The van der Waals surface area contributed by atoms with Gasteiger partial charge in [0.15, 0.2) is 0 Å². The van der Waals surface area contributed by atoms with E-state index in [4.69, 9.17) is 0 Å². The normalized spacial score (nSPS) is 21.2. The van der Waals surface area contributed by atoms with Crippen molar-refractivity contribution in [3.8, 4) is 0 Å². The minimum absolute atomic E-state index is 0.0146. The van der Waals surface area contributed by atoms with Gasteiger partial charge in [0.2, 0.25) is 5.91 Å². The van der Waals surface area contributed by atoms with Crippen molar-refractivity contribution in [3.05, 3.63) is 29.8 Å². The van der Waals surface area contributed by atoms with Gasteiger partial charge in [-0.2, -0.15) is 0 Å². The SMILES string of the molecule is CC(C)(C)c1ccccc1N1CC(O)CCC1=O. The fourth-order valence-electron chi connectivity index (χ4n) is 2.40. The molecule has 3 nitrogen and oxygen atoms in total. The molecule has 1 aliphatic rings. The summed E-state index contributed by atoms with van der Waals surface area (Å²) in [5, 5.41) is 9.76. The molecule has 1 amide bonds. The number of benzene rings is 1. The third-order valence-electron chi connectivity index (χ3n) is 3.39. The lowest BCUT2D eigenvalue weighted by Gasteiger charge is -2.34. The first-order valence-corrected chi connectivity index (χ1v) is 6.47. The Kier molecular flexibility index (Phi) is 3.44. The molecule has 1 saturated heterocycles. The number of hydrogen-bond donors (Lipinski definition) is 1. The van der Waals surface area contributed by atoms with Gasteiger partial charge in [0.1, 0.15) is 0 Å². The van der Waals surface area contributed by atoms with E-state index in [2.05, 4.69) is 26.8 Å². The Morgan fingerprint density at radius 1 is 1.28 bits per heavy atom. The van der Waals surface area contributed by atoms with Gasteiger partial charge in [-0.25, -0.2) is 0 Å². The first-order chi connectivity index (χ1) is 8.39. The van der Waals surface area contributed by atoms with Crippen molar-refractivity contribution in [2.24, 2.45) is 0 Å². The summed E-state index contributed by atoms with van der Waals surface area (Å²) in [6.07, 6.45) is 0.600. The number of amides is 1. The van der Waals surface area contributed by atoms with Crippen LogP contribution in [-0.2, 0) is 10.2 Å². The number of carbonyl (C=O) groups is 1. The molecule has 3 heteroatoms. The summed E-state index contributed by atoms with van der Waals surface area (Å²) in [5.41, 5.74) is 2.07.